The second kappa shape index (κ2) is 7.13. The van der Waals surface area contributed by atoms with Crippen molar-refractivity contribution in [3.63, 3.8) is 0 Å². The van der Waals surface area contributed by atoms with E-state index in [2.05, 4.69) is 25.2 Å². The van der Waals surface area contributed by atoms with Gasteiger partial charge in [0.1, 0.15) is 5.75 Å². The van der Waals surface area contributed by atoms with Crippen LogP contribution in [0.25, 0.3) is 6.08 Å². The van der Waals surface area contributed by atoms with Crippen molar-refractivity contribution in [3.8, 4) is 5.75 Å². The SMILES string of the molecule is CCC(CC)CNC(=O)/C=C/c1ccc2c(c1)CCO2. The third-order valence-electron chi connectivity index (χ3n) is 3.86. The topological polar surface area (TPSA) is 38.3 Å². The van der Waals surface area contributed by atoms with Gasteiger partial charge < -0.3 is 10.1 Å². The first-order valence-electron chi connectivity index (χ1n) is 7.44. The van der Waals surface area contributed by atoms with Crippen molar-refractivity contribution < 1.29 is 9.53 Å². The smallest absolute Gasteiger partial charge is 0.244 e. The summed E-state index contributed by atoms with van der Waals surface area (Å²) >= 11 is 0. The molecule has 1 heterocycles. The fraction of sp³-hybridized carbons (Fsp3) is 0.471. The summed E-state index contributed by atoms with van der Waals surface area (Å²) in [4.78, 5) is 11.8. The molecule has 0 atom stereocenters. The van der Waals surface area contributed by atoms with E-state index in [9.17, 15) is 4.79 Å². The Hall–Kier alpha value is -1.77. The molecular formula is C17H23NO2. The van der Waals surface area contributed by atoms with Crippen LogP contribution in [0.5, 0.6) is 5.75 Å². The van der Waals surface area contributed by atoms with Crippen molar-refractivity contribution in [1.29, 1.82) is 0 Å². The molecule has 0 aromatic heterocycles. The fourth-order valence-corrected chi connectivity index (χ4v) is 2.36. The predicted octanol–water partition coefficient (Wildman–Crippen LogP) is 3.19. The minimum Gasteiger partial charge on any atom is -0.493 e. The molecule has 1 aromatic rings. The van der Waals surface area contributed by atoms with E-state index in [4.69, 9.17) is 4.74 Å². The average molecular weight is 273 g/mol. The van der Waals surface area contributed by atoms with Crippen LogP contribution in [-0.2, 0) is 11.2 Å². The Kier molecular flexibility index (Phi) is 5.22. The molecule has 1 N–H and O–H groups in total. The number of hydrogen-bond donors (Lipinski definition) is 1. The van der Waals surface area contributed by atoms with Crippen LogP contribution in [0.3, 0.4) is 0 Å². The van der Waals surface area contributed by atoms with Gasteiger partial charge in [-0.15, -0.1) is 0 Å². The van der Waals surface area contributed by atoms with Crippen molar-refractivity contribution in [2.45, 2.75) is 33.1 Å². The predicted molar refractivity (Wildman–Crippen MR) is 81.8 cm³/mol. The molecular weight excluding hydrogens is 250 g/mol. The molecule has 1 amide bonds. The molecule has 20 heavy (non-hydrogen) atoms. The molecule has 1 aliphatic heterocycles. The van der Waals surface area contributed by atoms with Crippen molar-refractivity contribution in [3.05, 3.63) is 35.4 Å². The first kappa shape index (κ1) is 14.6. The van der Waals surface area contributed by atoms with Crippen LogP contribution in [0.1, 0.15) is 37.8 Å². The molecule has 0 saturated carbocycles. The zero-order valence-corrected chi connectivity index (χ0v) is 12.3. The normalized spacial score (nSPS) is 13.6. The number of benzene rings is 1. The Morgan fingerprint density at radius 2 is 2.20 bits per heavy atom. The van der Waals surface area contributed by atoms with Gasteiger partial charge >= 0.3 is 0 Å². The van der Waals surface area contributed by atoms with Gasteiger partial charge in [-0.3, -0.25) is 4.79 Å². The lowest BCUT2D eigenvalue weighted by Crippen LogP contribution is -2.27. The number of nitrogens with one attached hydrogen (secondary N) is 1. The lowest BCUT2D eigenvalue weighted by Gasteiger charge is -2.11. The molecule has 0 aliphatic carbocycles. The number of carbonyl (C=O) groups excluding carboxylic acids is 1. The maximum Gasteiger partial charge on any atom is 0.244 e. The Bertz CT molecular complexity index is 490. The van der Waals surface area contributed by atoms with E-state index in [0.717, 1.165) is 43.7 Å². The number of amides is 1. The van der Waals surface area contributed by atoms with E-state index in [1.807, 2.05) is 18.2 Å². The molecule has 0 saturated heterocycles. The molecule has 1 aliphatic rings. The van der Waals surface area contributed by atoms with Gasteiger partial charge in [0.05, 0.1) is 6.61 Å². The van der Waals surface area contributed by atoms with Crippen LogP contribution in [0.2, 0.25) is 0 Å². The number of hydrogen-bond acceptors (Lipinski definition) is 2. The summed E-state index contributed by atoms with van der Waals surface area (Å²) in [6.45, 7) is 5.83. The summed E-state index contributed by atoms with van der Waals surface area (Å²) < 4.78 is 5.47. The molecule has 1 aromatic carbocycles. The zero-order valence-electron chi connectivity index (χ0n) is 12.3. The number of fused-ring (bicyclic) bond motifs is 1. The van der Waals surface area contributed by atoms with Gasteiger partial charge in [-0.2, -0.15) is 0 Å². The van der Waals surface area contributed by atoms with E-state index in [0.29, 0.717) is 5.92 Å². The first-order chi connectivity index (χ1) is 9.72. The molecule has 3 nitrogen and oxygen atoms in total. The zero-order chi connectivity index (χ0) is 14.4. The summed E-state index contributed by atoms with van der Waals surface area (Å²) in [6, 6.07) is 6.05. The molecule has 0 unspecified atom stereocenters. The lowest BCUT2D eigenvalue weighted by atomic mass is 10.0. The summed E-state index contributed by atoms with van der Waals surface area (Å²) in [7, 11) is 0. The fourth-order valence-electron chi connectivity index (χ4n) is 2.36. The Morgan fingerprint density at radius 1 is 1.40 bits per heavy atom. The monoisotopic (exact) mass is 273 g/mol. The van der Waals surface area contributed by atoms with Crippen molar-refractivity contribution >= 4 is 12.0 Å². The summed E-state index contributed by atoms with van der Waals surface area (Å²) in [6.07, 6.45) is 6.63. The highest BCUT2D eigenvalue weighted by molar-refractivity contribution is 5.91. The number of rotatable bonds is 6. The summed E-state index contributed by atoms with van der Waals surface area (Å²) in [5, 5.41) is 2.96. The van der Waals surface area contributed by atoms with E-state index < -0.39 is 0 Å². The highest BCUT2D eigenvalue weighted by atomic mass is 16.5. The van der Waals surface area contributed by atoms with Crippen molar-refractivity contribution in [1.82, 2.24) is 5.32 Å². The average Bonchev–Trinajstić information content (AvgIpc) is 2.93. The van der Waals surface area contributed by atoms with Gasteiger partial charge in [-0.1, -0.05) is 32.8 Å². The van der Waals surface area contributed by atoms with Crippen LogP contribution in [-0.4, -0.2) is 19.1 Å². The quantitative estimate of drug-likeness (QED) is 0.808. The molecule has 0 fully saturated rings. The second-order valence-electron chi connectivity index (χ2n) is 5.23. The molecule has 0 bridgehead atoms. The molecule has 0 radical (unpaired) electrons. The third kappa shape index (κ3) is 3.86. The molecule has 2 rings (SSSR count). The maximum absolute atomic E-state index is 11.8. The standard InChI is InChI=1S/C17H23NO2/c1-3-13(4-2)12-18-17(19)8-6-14-5-7-16-15(11-14)9-10-20-16/h5-8,11,13H,3-4,9-10,12H2,1-2H3,(H,18,19)/b8-6+. The van der Waals surface area contributed by atoms with Gasteiger partial charge in [0.25, 0.3) is 0 Å². The Balaban J connectivity index is 1.87. The van der Waals surface area contributed by atoms with Gasteiger partial charge in [-0.05, 0) is 35.3 Å². The second-order valence-corrected chi connectivity index (χ2v) is 5.23. The summed E-state index contributed by atoms with van der Waals surface area (Å²) in [5.41, 5.74) is 2.27. The highest BCUT2D eigenvalue weighted by Gasteiger charge is 2.11. The van der Waals surface area contributed by atoms with E-state index in [1.54, 1.807) is 6.08 Å². The third-order valence-corrected chi connectivity index (χ3v) is 3.86. The van der Waals surface area contributed by atoms with E-state index in [-0.39, 0.29) is 5.91 Å². The van der Waals surface area contributed by atoms with Gasteiger partial charge in [0.2, 0.25) is 5.91 Å². The van der Waals surface area contributed by atoms with E-state index in [1.165, 1.54) is 5.56 Å². The van der Waals surface area contributed by atoms with Crippen molar-refractivity contribution in [2.24, 2.45) is 5.92 Å². The minimum atomic E-state index is -0.0198. The van der Waals surface area contributed by atoms with Crippen molar-refractivity contribution in [2.75, 3.05) is 13.2 Å². The van der Waals surface area contributed by atoms with Crippen LogP contribution >= 0.6 is 0 Å². The molecule has 0 spiro atoms. The maximum atomic E-state index is 11.8. The molecule has 3 heteroatoms. The van der Waals surface area contributed by atoms with Gasteiger partial charge in [0, 0.05) is 19.0 Å². The van der Waals surface area contributed by atoms with E-state index >= 15 is 0 Å². The lowest BCUT2D eigenvalue weighted by molar-refractivity contribution is -0.116. The number of ether oxygens (including phenoxy) is 1. The largest absolute Gasteiger partial charge is 0.493 e. The highest BCUT2D eigenvalue weighted by Crippen LogP contribution is 2.26. The molecule has 108 valence electrons. The van der Waals surface area contributed by atoms with Crippen LogP contribution in [0, 0.1) is 5.92 Å². The number of carbonyl (C=O) groups is 1. The minimum absolute atomic E-state index is 0.0198. The van der Waals surface area contributed by atoms with Gasteiger partial charge in [-0.25, -0.2) is 0 Å². The Labute approximate surface area is 121 Å². The summed E-state index contributed by atoms with van der Waals surface area (Å²) in [5.74, 6) is 1.53. The van der Waals surface area contributed by atoms with Crippen LogP contribution < -0.4 is 10.1 Å². The van der Waals surface area contributed by atoms with Crippen LogP contribution in [0.4, 0.5) is 0 Å². The van der Waals surface area contributed by atoms with Gasteiger partial charge in [0.15, 0.2) is 0 Å². The van der Waals surface area contributed by atoms with Crippen LogP contribution in [0.15, 0.2) is 24.3 Å². The Morgan fingerprint density at radius 3 is 2.95 bits per heavy atom. The first-order valence-corrected chi connectivity index (χ1v) is 7.44.